The quantitative estimate of drug-likeness (QED) is 0.925. The van der Waals surface area contributed by atoms with Crippen LogP contribution >= 0.6 is 0 Å². The van der Waals surface area contributed by atoms with E-state index in [1.165, 1.54) is 12.5 Å². The summed E-state index contributed by atoms with van der Waals surface area (Å²) < 4.78 is 37.5. The van der Waals surface area contributed by atoms with Crippen LogP contribution in [0.3, 0.4) is 0 Å². The second-order valence-electron chi connectivity index (χ2n) is 5.05. The number of rotatable bonds is 4. The van der Waals surface area contributed by atoms with Gasteiger partial charge in [-0.05, 0) is 25.0 Å². The van der Waals surface area contributed by atoms with E-state index in [2.05, 4.69) is 10.2 Å². The van der Waals surface area contributed by atoms with Crippen LogP contribution in [0.4, 0.5) is 19.0 Å². The maximum absolute atomic E-state index is 12.5. The summed E-state index contributed by atoms with van der Waals surface area (Å²) in [5.74, 6) is 0.482. The fourth-order valence-corrected chi connectivity index (χ4v) is 2.65. The van der Waals surface area contributed by atoms with Crippen LogP contribution in [0.1, 0.15) is 37.8 Å². The molecule has 7 heteroatoms. The topological polar surface area (TPSA) is 55.0 Å². The van der Waals surface area contributed by atoms with Gasteiger partial charge in [-0.1, -0.05) is 19.3 Å². The third-order valence-electron chi connectivity index (χ3n) is 3.62. The lowest BCUT2D eigenvalue weighted by molar-refractivity contribution is -0.141. The van der Waals surface area contributed by atoms with E-state index in [4.69, 9.17) is 5.73 Å². The van der Waals surface area contributed by atoms with Gasteiger partial charge in [0.05, 0.1) is 0 Å². The summed E-state index contributed by atoms with van der Waals surface area (Å²) in [5, 5.41) is 7.03. The molecular formula is C13H19F3N4. The third-order valence-corrected chi connectivity index (χ3v) is 3.62. The molecule has 20 heavy (non-hydrogen) atoms. The summed E-state index contributed by atoms with van der Waals surface area (Å²) in [4.78, 5) is 1.99. The molecule has 1 aromatic rings. The summed E-state index contributed by atoms with van der Waals surface area (Å²) in [6.45, 7) is 1.03. The molecule has 0 spiro atoms. The van der Waals surface area contributed by atoms with E-state index >= 15 is 0 Å². The predicted molar refractivity (Wildman–Crippen MR) is 70.3 cm³/mol. The van der Waals surface area contributed by atoms with Crippen molar-refractivity contribution in [3.63, 3.8) is 0 Å². The number of hydrogen-bond donors (Lipinski definition) is 1. The lowest BCUT2D eigenvalue weighted by atomic mass is 9.94. The number of aromatic nitrogens is 2. The minimum Gasteiger partial charge on any atom is -0.351 e. The van der Waals surface area contributed by atoms with Gasteiger partial charge in [0.2, 0.25) is 0 Å². The highest BCUT2D eigenvalue weighted by molar-refractivity contribution is 5.39. The molecule has 1 fully saturated rings. The smallest absolute Gasteiger partial charge is 0.351 e. The monoisotopic (exact) mass is 288 g/mol. The van der Waals surface area contributed by atoms with Crippen molar-refractivity contribution in [1.29, 1.82) is 0 Å². The van der Waals surface area contributed by atoms with Crippen LogP contribution in [0, 0.1) is 0 Å². The van der Waals surface area contributed by atoms with Gasteiger partial charge in [-0.15, -0.1) is 10.2 Å². The van der Waals surface area contributed by atoms with Crippen molar-refractivity contribution in [3.05, 3.63) is 17.8 Å². The molecule has 0 bridgehead atoms. The molecule has 0 saturated heterocycles. The van der Waals surface area contributed by atoms with E-state index in [1.807, 2.05) is 4.90 Å². The Morgan fingerprint density at radius 2 is 1.85 bits per heavy atom. The first-order chi connectivity index (χ1) is 9.52. The Hall–Kier alpha value is -1.37. The average molecular weight is 288 g/mol. The van der Waals surface area contributed by atoms with Crippen LogP contribution in [0.5, 0.6) is 0 Å². The van der Waals surface area contributed by atoms with E-state index in [1.54, 1.807) is 0 Å². The molecule has 4 nitrogen and oxygen atoms in total. The molecule has 0 aliphatic heterocycles. The van der Waals surface area contributed by atoms with Crippen LogP contribution in [-0.4, -0.2) is 29.3 Å². The number of nitrogens with zero attached hydrogens (tertiary/aromatic N) is 3. The number of nitrogens with two attached hydrogens (primary N) is 1. The number of alkyl halides is 3. The van der Waals surface area contributed by atoms with Gasteiger partial charge in [0.15, 0.2) is 11.5 Å². The highest BCUT2D eigenvalue weighted by Gasteiger charge is 2.33. The Bertz CT molecular complexity index is 413. The molecule has 1 heterocycles. The summed E-state index contributed by atoms with van der Waals surface area (Å²) >= 11 is 0. The molecule has 112 valence electrons. The fourth-order valence-electron chi connectivity index (χ4n) is 2.65. The van der Waals surface area contributed by atoms with Crippen molar-refractivity contribution in [3.8, 4) is 0 Å². The zero-order valence-corrected chi connectivity index (χ0v) is 11.2. The molecule has 1 aliphatic carbocycles. The highest BCUT2D eigenvalue weighted by atomic mass is 19.4. The van der Waals surface area contributed by atoms with Gasteiger partial charge >= 0.3 is 6.18 Å². The maximum atomic E-state index is 12.5. The Morgan fingerprint density at radius 3 is 2.35 bits per heavy atom. The predicted octanol–water partition coefficient (Wildman–Crippen LogP) is 2.59. The van der Waals surface area contributed by atoms with Gasteiger partial charge in [0.25, 0.3) is 0 Å². The van der Waals surface area contributed by atoms with E-state index in [9.17, 15) is 13.2 Å². The lowest BCUT2D eigenvalue weighted by Crippen LogP contribution is -2.40. The molecule has 0 radical (unpaired) electrons. The van der Waals surface area contributed by atoms with Crippen molar-refractivity contribution in [2.45, 2.75) is 44.3 Å². The zero-order chi connectivity index (χ0) is 14.6. The van der Waals surface area contributed by atoms with Crippen LogP contribution in [0.15, 0.2) is 12.1 Å². The molecule has 1 aliphatic rings. The molecular weight excluding hydrogens is 269 g/mol. The van der Waals surface area contributed by atoms with Crippen LogP contribution < -0.4 is 10.6 Å². The van der Waals surface area contributed by atoms with Crippen LogP contribution in [0.25, 0.3) is 0 Å². The molecule has 1 saturated carbocycles. The van der Waals surface area contributed by atoms with Crippen molar-refractivity contribution >= 4 is 5.82 Å². The van der Waals surface area contributed by atoms with Crippen molar-refractivity contribution < 1.29 is 13.2 Å². The summed E-state index contributed by atoms with van der Waals surface area (Å²) in [7, 11) is 0. The van der Waals surface area contributed by atoms with Gasteiger partial charge in [0.1, 0.15) is 0 Å². The Morgan fingerprint density at radius 1 is 1.15 bits per heavy atom. The number of halogens is 3. The first kappa shape index (κ1) is 15.0. The van der Waals surface area contributed by atoms with Gasteiger partial charge in [0, 0.05) is 19.1 Å². The van der Waals surface area contributed by atoms with Crippen molar-refractivity contribution in [2.24, 2.45) is 5.73 Å². The fraction of sp³-hybridized carbons (Fsp3) is 0.692. The molecule has 0 unspecified atom stereocenters. The molecule has 0 aromatic carbocycles. The molecule has 1 aromatic heterocycles. The maximum Gasteiger partial charge on any atom is 0.435 e. The second-order valence-corrected chi connectivity index (χ2v) is 5.05. The molecule has 0 atom stereocenters. The normalized spacial score (nSPS) is 17.2. The third kappa shape index (κ3) is 3.59. The second kappa shape index (κ2) is 6.39. The summed E-state index contributed by atoms with van der Waals surface area (Å²) in [6, 6.07) is 2.67. The molecule has 2 N–H and O–H groups in total. The Kier molecular flexibility index (Phi) is 4.80. The Balaban J connectivity index is 2.16. The van der Waals surface area contributed by atoms with Gasteiger partial charge < -0.3 is 10.6 Å². The van der Waals surface area contributed by atoms with Crippen molar-refractivity contribution in [2.75, 3.05) is 18.0 Å². The first-order valence-electron chi connectivity index (χ1n) is 6.90. The summed E-state index contributed by atoms with van der Waals surface area (Å²) in [5.41, 5.74) is 4.64. The van der Waals surface area contributed by atoms with E-state index in [0.717, 1.165) is 31.7 Å². The van der Waals surface area contributed by atoms with Crippen molar-refractivity contribution in [1.82, 2.24) is 10.2 Å². The lowest BCUT2D eigenvalue weighted by Gasteiger charge is -2.34. The number of hydrogen-bond acceptors (Lipinski definition) is 4. The average Bonchev–Trinajstić information content (AvgIpc) is 2.45. The van der Waals surface area contributed by atoms with E-state index < -0.39 is 11.9 Å². The van der Waals surface area contributed by atoms with Gasteiger partial charge in [-0.25, -0.2) is 0 Å². The van der Waals surface area contributed by atoms with Gasteiger partial charge in [-0.3, -0.25) is 0 Å². The standard InChI is InChI=1S/C13H19F3N4/c14-13(15,16)11-6-7-12(19-18-11)20(9-8-17)10-4-2-1-3-5-10/h6-7,10H,1-5,8-9,17H2. The summed E-state index contributed by atoms with van der Waals surface area (Å²) in [6.07, 6.45) is 1.10. The minimum absolute atomic E-state index is 0.304. The number of anilines is 1. The molecule has 0 amide bonds. The zero-order valence-electron chi connectivity index (χ0n) is 11.2. The largest absolute Gasteiger partial charge is 0.435 e. The minimum atomic E-state index is -4.45. The van der Waals surface area contributed by atoms with Gasteiger partial charge in [-0.2, -0.15) is 13.2 Å². The molecule has 2 rings (SSSR count). The highest BCUT2D eigenvalue weighted by Crippen LogP contribution is 2.29. The van der Waals surface area contributed by atoms with E-state index in [0.29, 0.717) is 24.9 Å². The first-order valence-corrected chi connectivity index (χ1v) is 6.90. The van der Waals surface area contributed by atoms with Crippen LogP contribution in [0.2, 0.25) is 0 Å². The van der Waals surface area contributed by atoms with Crippen LogP contribution in [-0.2, 0) is 6.18 Å². The Labute approximate surface area is 116 Å². The SMILES string of the molecule is NCCN(c1ccc(C(F)(F)F)nn1)C1CCCCC1. The van der Waals surface area contributed by atoms with E-state index in [-0.39, 0.29) is 0 Å².